The molecule has 0 bridgehead atoms. The van der Waals surface area contributed by atoms with Crippen molar-refractivity contribution in [3.63, 3.8) is 0 Å². The van der Waals surface area contributed by atoms with E-state index in [0.717, 1.165) is 5.52 Å². The van der Waals surface area contributed by atoms with Gasteiger partial charge in [-0.05, 0) is 18.2 Å². The van der Waals surface area contributed by atoms with Crippen molar-refractivity contribution in [3.05, 3.63) is 47.1 Å². The number of carboxylic acids is 1. The second kappa shape index (κ2) is 4.33. The first-order valence-electron chi connectivity index (χ1n) is 5.36. The van der Waals surface area contributed by atoms with E-state index in [1.807, 2.05) is 24.3 Å². The highest BCUT2D eigenvalue weighted by Gasteiger charge is 2.13. The van der Waals surface area contributed by atoms with Crippen LogP contribution in [0.5, 0.6) is 0 Å². The summed E-state index contributed by atoms with van der Waals surface area (Å²) in [6, 6.07) is 8.69. The number of benzene rings is 1. The number of rotatable bonds is 2. The van der Waals surface area contributed by atoms with Gasteiger partial charge in [-0.25, -0.2) is 9.78 Å². The number of aromatic carboxylic acids is 1. The first-order chi connectivity index (χ1) is 9.16. The van der Waals surface area contributed by atoms with Crippen LogP contribution in [0.4, 0.5) is 0 Å². The lowest BCUT2D eigenvalue weighted by molar-refractivity contribution is 0.0697. The molecule has 0 spiro atoms. The van der Waals surface area contributed by atoms with Crippen LogP contribution in [0.2, 0.25) is 5.02 Å². The molecule has 1 aromatic carbocycles. The van der Waals surface area contributed by atoms with Gasteiger partial charge < -0.3 is 5.11 Å². The predicted octanol–water partition coefficient (Wildman–Crippen LogP) is 2.17. The van der Waals surface area contributed by atoms with Crippen LogP contribution in [0.1, 0.15) is 10.4 Å². The molecule has 0 aliphatic heterocycles. The van der Waals surface area contributed by atoms with Crippen LogP contribution in [-0.2, 0) is 0 Å². The number of carboxylic acid groups (broad SMARTS) is 1. The Labute approximate surface area is 112 Å². The lowest BCUT2D eigenvalue weighted by Gasteiger charge is -2.03. The van der Waals surface area contributed by atoms with Crippen LogP contribution in [0.25, 0.3) is 16.9 Å². The zero-order chi connectivity index (χ0) is 13.4. The molecule has 0 saturated carbocycles. The molecule has 0 amide bonds. The van der Waals surface area contributed by atoms with Crippen molar-refractivity contribution < 1.29 is 9.90 Å². The number of halogens is 1. The van der Waals surface area contributed by atoms with E-state index in [4.69, 9.17) is 16.7 Å². The van der Waals surface area contributed by atoms with E-state index in [1.54, 1.807) is 0 Å². The molecule has 0 fully saturated rings. The Morgan fingerprint density at radius 2 is 2.11 bits per heavy atom. The molecule has 0 aliphatic rings. The molecule has 19 heavy (non-hydrogen) atoms. The van der Waals surface area contributed by atoms with Gasteiger partial charge in [0.25, 0.3) is 0 Å². The number of aromatic nitrogens is 4. The molecular formula is C12H7ClN4O2. The second-order valence-corrected chi connectivity index (χ2v) is 4.22. The Balaban J connectivity index is 2.22. The summed E-state index contributed by atoms with van der Waals surface area (Å²) in [6.45, 7) is 0. The molecule has 0 atom stereocenters. The average Bonchev–Trinajstić information content (AvgIpc) is 2.83. The molecule has 1 N–H and O–H groups in total. The SMILES string of the molecule is O=C(O)c1cc(-n2nnc3ccccc32)ncc1Cl. The third kappa shape index (κ3) is 1.92. The van der Waals surface area contributed by atoms with Crippen LogP contribution in [0.3, 0.4) is 0 Å². The standard InChI is InChI=1S/C12H7ClN4O2/c13-8-6-14-11(5-7(8)12(18)19)17-10-4-2-1-3-9(10)15-16-17/h1-6H,(H,18,19). The molecule has 2 aromatic heterocycles. The highest BCUT2D eigenvalue weighted by Crippen LogP contribution is 2.19. The van der Waals surface area contributed by atoms with Crippen molar-refractivity contribution in [1.82, 2.24) is 20.0 Å². The molecule has 0 unspecified atom stereocenters. The molecule has 3 rings (SSSR count). The third-order valence-corrected chi connectivity index (χ3v) is 2.94. The maximum atomic E-state index is 11.0. The first-order valence-corrected chi connectivity index (χ1v) is 5.74. The van der Waals surface area contributed by atoms with Gasteiger partial charge in [-0.3, -0.25) is 0 Å². The Bertz CT molecular complexity index is 784. The van der Waals surface area contributed by atoms with E-state index in [9.17, 15) is 4.79 Å². The number of hydrogen-bond acceptors (Lipinski definition) is 4. The van der Waals surface area contributed by atoms with E-state index < -0.39 is 5.97 Å². The fraction of sp³-hybridized carbons (Fsp3) is 0. The fourth-order valence-corrected chi connectivity index (χ4v) is 1.93. The molecule has 3 aromatic rings. The molecule has 2 heterocycles. The summed E-state index contributed by atoms with van der Waals surface area (Å²) in [4.78, 5) is 15.1. The van der Waals surface area contributed by atoms with Crippen LogP contribution < -0.4 is 0 Å². The number of pyridine rings is 1. The molecular weight excluding hydrogens is 268 g/mol. The minimum Gasteiger partial charge on any atom is -0.478 e. The first kappa shape index (κ1) is 11.6. The maximum absolute atomic E-state index is 11.0. The quantitative estimate of drug-likeness (QED) is 0.774. The number of fused-ring (bicyclic) bond motifs is 1. The summed E-state index contributed by atoms with van der Waals surface area (Å²) in [5.74, 6) is -0.756. The van der Waals surface area contributed by atoms with Crippen LogP contribution in [-0.4, -0.2) is 31.1 Å². The minimum absolute atomic E-state index is 0.0220. The molecule has 0 aliphatic carbocycles. The van der Waals surface area contributed by atoms with Gasteiger partial charge in [0.15, 0.2) is 5.82 Å². The molecule has 6 nitrogen and oxygen atoms in total. The second-order valence-electron chi connectivity index (χ2n) is 3.82. The number of carbonyl (C=O) groups is 1. The van der Waals surface area contributed by atoms with Gasteiger partial charge in [0.1, 0.15) is 5.52 Å². The van der Waals surface area contributed by atoms with Crippen molar-refractivity contribution in [2.75, 3.05) is 0 Å². The minimum atomic E-state index is -1.11. The van der Waals surface area contributed by atoms with Crippen molar-refractivity contribution >= 4 is 28.6 Å². The zero-order valence-corrected chi connectivity index (χ0v) is 10.2. The highest BCUT2D eigenvalue weighted by molar-refractivity contribution is 6.33. The lowest BCUT2D eigenvalue weighted by atomic mass is 10.2. The number of hydrogen-bond donors (Lipinski definition) is 1. The normalized spacial score (nSPS) is 10.8. The molecule has 0 radical (unpaired) electrons. The third-order valence-electron chi connectivity index (χ3n) is 2.64. The fourth-order valence-electron chi connectivity index (χ4n) is 1.75. The predicted molar refractivity (Wildman–Crippen MR) is 68.6 cm³/mol. The van der Waals surface area contributed by atoms with Gasteiger partial charge in [-0.15, -0.1) is 5.10 Å². The van der Waals surface area contributed by atoms with Gasteiger partial charge in [-0.2, -0.15) is 4.68 Å². The van der Waals surface area contributed by atoms with Gasteiger partial charge >= 0.3 is 5.97 Å². The summed E-state index contributed by atoms with van der Waals surface area (Å²) in [7, 11) is 0. The largest absolute Gasteiger partial charge is 0.478 e. The zero-order valence-electron chi connectivity index (χ0n) is 9.49. The number of para-hydroxylation sites is 1. The topological polar surface area (TPSA) is 80.9 Å². The van der Waals surface area contributed by atoms with Crippen LogP contribution in [0.15, 0.2) is 36.5 Å². The Morgan fingerprint density at radius 3 is 2.89 bits per heavy atom. The summed E-state index contributed by atoms with van der Waals surface area (Å²) in [5, 5.41) is 17.1. The van der Waals surface area contributed by atoms with E-state index in [0.29, 0.717) is 11.3 Å². The van der Waals surface area contributed by atoms with Gasteiger partial charge in [0, 0.05) is 6.20 Å². The average molecular weight is 275 g/mol. The maximum Gasteiger partial charge on any atom is 0.337 e. The lowest BCUT2D eigenvalue weighted by Crippen LogP contribution is -2.04. The van der Waals surface area contributed by atoms with Crippen LogP contribution in [0, 0.1) is 0 Å². The van der Waals surface area contributed by atoms with Gasteiger partial charge in [-0.1, -0.05) is 28.9 Å². The summed E-state index contributed by atoms with van der Waals surface area (Å²) >= 11 is 5.78. The Morgan fingerprint density at radius 1 is 1.32 bits per heavy atom. The molecule has 7 heteroatoms. The van der Waals surface area contributed by atoms with Crippen molar-refractivity contribution in [2.45, 2.75) is 0 Å². The Hall–Kier alpha value is -2.47. The highest BCUT2D eigenvalue weighted by atomic mass is 35.5. The molecule has 0 saturated heterocycles. The van der Waals surface area contributed by atoms with E-state index >= 15 is 0 Å². The summed E-state index contributed by atoms with van der Waals surface area (Å²) < 4.78 is 1.47. The van der Waals surface area contributed by atoms with E-state index in [1.165, 1.54) is 16.9 Å². The monoisotopic (exact) mass is 274 g/mol. The van der Waals surface area contributed by atoms with E-state index in [-0.39, 0.29) is 10.6 Å². The van der Waals surface area contributed by atoms with Gasteiger partial charge in [0.05, 0.1) is 16.1 Å². The smallest absolute Gasteiger partial charge is 0.337 e. The van der Waals surface area contributed by atoms with Crippen LogP contribution >= 0.6 is 11.6 Å². The number of nitrogens with zero attached hydrogens (tertiary/aromatic N) is 4. The summed E-state index contributed by atoms with van der Waals surface area (Å²) in [5.41, 5.74) is 1.43. The van der Waals surface area contributed by atoms with Crippen molar-refractivity contribution in [2.24, 2.45) is 0 Å². The van der Waals surface area contributed by atoms with E-state index in [2.05, 4.69) is 15.3 Å². The molecule has 94 valence electrons. The Kier molecular flexibility index (Phi) is 2.64. The van der Waals surface area contributed by atoms with Crippen molar-refractivity contribution in [1.29, 1.82) is 0 Å². The summed E-state index contributed by atoms with van der Waals surface area (Å²) in [6.07, 6.45) is 1.29. The van der Waals surface area contributed by atoms with Gasteiger partial charge in [0.2, 0.25) is 0 Å². The van der Waals surface area contributed by atoms with Crippen molar-refractivity contribution in [3.8, 4) is 5.82 Å².